The molecule has 0 aromatic carbocycles. The zero-order valence-corrected chi connectivity index (χ0v) is 10.7. The Bertz CT molecular complexity index is 265. The van der Waals surface area contributed by atoms with Gasteiger partial charge in [0, 0.05) is 18.6 Å². The van der Waals surface area contributed by atoms with Crippen LogP contribution in [0.2, 0.25) is 0 Å². The lowest BCUT2D eigenvalue weighted by atomic mass is 9.84. The predicted molar refractivity (Wildman–Crippen MR) is 62.5 cm³/mol. The Hall–Kier alpha value is -0.840. The molecule has 1 saturated carbocycles. The number of hydrogen-bond donors (Lipinski definition) is 2. The lowest BCUT2D eigenvalue weighted by Gasteiger charge is -2.33. The molecule has 0 aliphatic heterocycles. The third-order valence-electron chi connectivity index (χ3n) is 2.86. The molecule has 4 nitrogen and oxygen atoms in total. The van der Waals surface area contributed by atoms with Crippen LogP contribution in [-0.2, 0) is 4.74 Å². The van der Waals surface area contributed by atoms with Crippen LogP contribution in [0.15, 0.2) is 0 Å². The van der Waals surface area contributed by atoms with Crippen LogP contribution in [-0.4, -0.2) is 35.6 Å². The average Bonchev–Trinajstić information content (AvgIpc) is 2.17. The molecule has 5 heteroatoms. The molecule has 0 unspecified atom stereocenters. The highest BCUT2D eigenvalue weighted by molar-refractivity contribution is 5.68. The van der Waals surface area contributed by atoms with Gasteiger partial charge in [0.25, 0.3) is 0 Å². The van der Waals surface area contributed by atoms with Gasteiger partial charge in [0.15, 0.2) is 0 Å². The third kappa shape index (κ3) is 4.89. The summed E-state index contributed by atoms with van der Waals surface area (Å²) in [5, 5.41) is 11.9. The number of carbonyl (C=O) groups is 1. The quantitative estimate of drug-likeness (QED) is 0.784. The van der Waals surface area contributed by atoms with Gasteiger partial charge in [-0.15, -0.1) is 0 Å². The molecule has 0 radical (unpaired) electrons. The normalized spacial score (nSPS) is 29.8. The van der Waals surface area contributed by atoms with E-state index in [0.717, 1.165) is 0 Å². The monoisotopic (exact) mass is 247 g/mol. The van der Waals surface area contributed by atoms with E-state index in [2.05, 4.69) is 5.32 Å². The number of hydrogen-bond acceptors (Lipinski definition) is 3. The highest BCUT2D eigenvalue weighted by Crippen LogP contribution is 2.26. The number of halogens is 1. The highest BCUT2D eigenvalue weighted by Gasteiger charge is 2.32. The Morgan fingerprint density at radius 3 is 2.65 bits per heavy atom. The molecule has 0 spiro atoms. The van der Waals surface area contributed by atoms with Crippen LogP contribution < -0.4 is 5.32 Å². The van der Waals surface area contributed by atoms with E-state index >= 15 is 0 Å². The summed E-state index contributed by atoms with van der Waals surface area (Å²) in [5.41, 5.74) is -0.546. The average molecular weight is 247 g/mol. The predicted octanol–water partition coefficient (Wildman–Crippen LogP) is 2.01. The maximum Gasteiger partial charge on any atom is 0.407 e. The van der Waals surface area contributed by atoms with Gasteiger partial charge in [0.05, 0.1) is 0 Å². The number of carbonyl (C=O) groups excluding carboxylic acids is 1. The Morgan fingerprint density at radius 1 is 1.47 bits per heavy atom. The first-order chi connectivity index (χ1) is 7.81. The number of amides is 1. The Labute approximate surface area is 102 Å². The number of ether oxygens (including phenoxy) is 1. The molecule has 0 aromatic rings. The molecule has 0 aromatic heterocycles. The fraction of sp³-hybridized carbons (Fsp3) is 0.917. The first-order valence-corrected chi connectivity index (χ1v) is 6.06. The molecule has 1 rings (SSSR count). The summed E-state index contributed by atoms with van der Waals surface area (Å²) in [6.45, 7) is 5.25. The lowest BCUT2D eigenvalue weighted by molar-refractivity contribution is 0.0404. The van der Waals surface area contributed by atoms with Gasteiger partial charge in [0.2, 0.25) is 0 Å². The molecule has 1 aliphatic rings. The Kier molecular flexibility index (Phi) is 4.74. The summed E-state index contributed by atoms with van der Waals surface area (Å²) >= 11 is 0. The van der Waals surface area contributed by atoms with E-state index in [1.165, 1.54) is 0 Å². The summed E-state index contributed by atoms with van der Waals surface area (Å²) in [4.78, 5) is 11.6. The fourth-order valence-corrected chi connectivity index (χ4v) is 2.06. The second kappa shape index (κ2) is 5.67. The number of alkyl carbamates (subject to hydrolysis) is 1. The summed E-state index contributed by atoms with van der Waals surface area (Å²) in [6.07, 6.45) is -0.0957. The van der Waals surface area contributed by atoms with Crippen molar-refractivity contribution in [2.75, 3.05) is 6.61 Å². The van der Waals surface area contributed by atoms with Gasteiger partial charge < -0.3 is 15.2 Å². The van der Waals surface area contributed by atoms with Crippen molar-refractivity contribution >= 4 is 6.09 Å². The molecule has 1 fully saturated rings. The van der Waals surface area contributed by atoms with Gasteiger partial charge in [-0.1, -0.05) is 0 Å². The smallest absolute Gasteiger partial charge is 0.407 e. The molecule has 100 valence electrons. The highest BCUT2D eigenvalue weighted by atomic mass is 19.1. The lowest BCUT2D eigenvalue weighted by Crippen LogP contribution is -2.47. The van der Waals surface area contributed by atoms with Crippen molar-refractivity contribution in [1.29, 1.82) is 0 Å². The number of aliphatic hydroxyl groups is 1. The molecule has 1 aliphatic carbocycles. The van der Waals surface area contributed by atoms with E-state index in [1.54, 1.807) is 20.8 Å². The van der Waals surface area contributed by atoms with Gasteiger partial charge in [-0.05, 0) is 40.0 Å². The van der Waals surface area contributed by atoms with Crippen LogP contribution in [0.4, 0.5) is 9.18 Å². The van der Waals surface area contributed by atoms with Crippen LogP contribution in [0.3, 0.4) is 0 Å². The molecular formula is C12H22FNO3. The molecule has 0 heterocycles. The molecule has 0 bridgehead atoms. The standard InChI is InChI=1S/C12H22FNO3/c1-12(2,3)17-11(16)14-10-5-4-9(13)6-8(10)7-15/h8-10,15H,4-7H2,1-3H3,(H,14,16)/t8-,9+,10+/m1/s1. The van der Waals surface area contributed by atoms with Crippen molar-refractivity contribution in [3.8, 4) is 0 Å². The summed E-state index contributed by atoms with van der Waals surface area (Å²) < 4.78 is 18.3. The first-order valence-electron chi connectivity index (χ1n) is 6.06. The van der Waals surface area contributed by atoms with Crippen molar-refractivity contribution in [2.24, 2.45) is 5.92 Å². The van der Waals surface area contributed by atoms with E-state index in [1.807, 2.05) is 0 Å². The van der Waals surface area contributed by atoms with Gasteiger partial charge in [-0.25, -0.2) is 9.18 Å². The molecule has 2 N–H and O–H groups in total. The minimum Gasteiger partial charge on any atom is -0.444 e. The van der Waals surface area contributed by atoms with Crippen molar-refractivity contribution in [2.45, 2.75) is 57.8 Å². The van der Waals surface area contributed by atoms with E-state index < -0.39 is 17.9 Å². The molecule has 1 amide bonds. The minimum absolute atomic E-state index is 0.110. The van der Waals surface area contributed by atoms with E-state index in [9.17, 15) is 9.18 Å². The summed E-state index contributed by atoms with van der Waals surface area (Å²) in [6, 6.07) is -0.193. The van der Waals surface area contributed by atoms with Gasteiger partial charge >= 0.3 is 6.09 Å². The molecule has 17 heavy (non-hydrogen) atoms. The van der Waals surface area contributed by atoms with Crippen LogP contribution in [0, 0.1) is 5.92 Å². The van der Waals surface area contributed by atoms with Crippen LogP contribution >= 0.6 is 0 Å². The van der Waals surface area contributed by atoms with E-state index in [-0.39, 0.29) is 18.6 Å². The number of aliphatic hydroxyl groups excluding tert-OH is 1. The fourth-order valence-electron chi connectivity index (χ4n) is 2.06. The Morgan fingerprint density at radius 2 is 2.12 bits per heavy atom. The van der Waals surface area contributed by atoms with Crippen LogP contribution in [0.25, 0.3) is 0 Å². The number of rotatable bonds is 2. The van der Waals surface area contributed by atoms with Gasteiger partial charge in [-0.2, -0.15) is 0 Å². The largest absolute Gasteiger partial charge is 0.444 e. The summed E-state index contributed by atoms with van der Waals surface area (Å²) in [5.74, 6) is -0.216. The van der Waals surface area contributed by atoms with Crippen molar-refractivity contribution in [1.82, 2.24) is 5.32 Å². The van der Waals surface area contributed by atoms with Gasteiger partial charge in [0.1, 0.15) is 11.8 Å². The van der Waals surface area contributed by atoms with Crippen molar-refractivity contribution in [3.05, 3.63) is 0 Å². The summed E-state index contributed by atoms with van der Waals surface area (Å²) in [7, 11) is 0. The van der Waals surface area contributed by atoms with Crippen LogP contribution in [0.1, 0.15) is 40.0 Å². The number of alkyl halides is 1. The number of nitrogens with one attached hydrogen (secondary N) is 1. The maximum absolute atomic E-state index is 13.1. The van der Waals surface area contributed by atoms with E-state index in [4.69, 9.17) is 9.84 Å². The van der Waals surface area contributed by atoms with E-state index in [0.29, 0.717) is 19.3 Å². The molecule has 3 atom stereocenters. The zero-order chi connectivity index (χ0) is 13.1. The van der Waals surface area contributed by atoms with Crippen molar-refractivity contribution < 1.29 is 19.0 Å². The molecular weight excluding hydrogens is 225 g/mol. The third-order valence-corrected chi connectivity index (χ3v) is 2.86. The second-order valence-corrected chi connectivity index (χ2v) is 5.61. The topological polar surface area (TPSA) is 58.6 Å². The SMILES string of the molecule is CC(C)(C)OC(=O)N[C@H]1CC[C@H](F)C[C@@H]1CO. The Balaban J connectivity index is 2.47. The molecule has 0 saturated heterocycles. The van der Waals surface area contributed by atoms with Crippen molar-refractivity contribution in [3.63, 3.8) is 0 Å². The van der Waals surface area contributed by atoms with Crippen LogP contribution in [0.5, 0.6) is 0 Å². The zero-order valence-electron chi connectivity index (χ0n) is 10.7. The van der Waals surface area contributed by atoms with Gasteiger partial charge in [-0.3, -0.25) is 0 Å². The maximum atomic E-state index is 13.1. The first kappa shape index (κ1) is 14.2. The minimum atomic E-state index is -0.871. The second-order valence-electron chi connectivity index (χ2n) is 5.61.